The Balaban J connectivity index is 0.000000193. The molecule has 1 radical (unpaired) electrons. The van der Waals surface area contributed by atoms with Crippen LogP contribution in [0.15, 0.2) is 126 Å². The molecule has 0 aliphatic rings. The maximum absolute atomic E-state index is 9.64. The maximum Gasteiger partial charge on any atom is 0.130 e. The van der Waals surface area contributed by atoms with E-state index in [1.165, 1.54) is 0 Å². The van der Waals surface area contributed by atoms with Crippen LogP contribution in [0.25, 0.3) is 55.6 Å². The minimum Gasteiger partial charge on any atom is -0.500 e. The number of nitriles is 1. The van der Waals surface area contributed by atoms with Gasteiger partial charge in [0.05, 0.1) is 20.0 Å². The second-order valence-corrected chi connectivity index (χ2v) is 11.1. The van der Waals surface area contributed by atoms with Crippen molar-refractivity contribution < 1.29 is 27.3 Å². The summed E-state index contributed by atoms with van der Waals surface area (Å²) in [5.41, 5.74) is 7.36. The van der Waals surface area contributed by atoms with Crippen LogP contribution in [0.1, 0.15) is 34.6 Å². The van der Waals surface area contributed by atoms with Gasteiger partial charge in [-0.1, -0.05) is 92.4 Å². The molecular weight excluding hydrogens is 719 g/mol. The van der Waals surface area contributed by atoms with E-state index in [-0.39, 0.29) is 31.7 Å². The van der Waals surface area contributed by atoms with Gasteiger partial charge in [-0.05, 0) is 40.1 Å². The van der Waals surface area contributed by atoms with Gasteiger partial charge in [0.25, 0.3) is 0 Å². The molecule has 5 heteroatoms. The largest absolute Gasteiger partial charge is 0.500 e. The quantitative estimate of drug-likeness (QED) is 0.169. The topological polar surface area (TPSA) is 62.7 Å². The van der Waals surface area contributed by atoms with E-state index in [0.717, 1.165) is 49.9 Å². The standard InChI is InChI=1S/C24H13N2O.C15H16N.Ir/c25-15-17-12-13-19-18-9-6-10-20(21-11-4-5-14-26-21)23(18)27-24(19)22(17)16-7-2-1-3-8-16;1-15(2,3)13-9-10-14(16-11-13)12-7-5-4-6-8-12;/h1-9,11-14H;4-7,9-11H,1-3H3;/q2*-1;/i;10D,11D;. The van der Waals surface area contributed by atoms with Gasteiger partial charge in [-0.2, -0.15) is 5.26 Å². The number of fused-ring (bicyclic) bond motifs is 3. The van der Waals surface area contributed by atoms with Crippen LogP contribution in [0.5, 0.6) is 0 Å². The Hall–Kier alpha value is -4.88. The zero-order valence-electron chi connectivity index (χ0n) is 26.5. The average Bonchev–Trinajstić information content (AvgIpc) is 3.45. The van der Waals surface area contributed by atoms with Crippen LogP contribution in [0.2, 0.25) is 0 Å². The van der Waals surface area contributed by atoms with Crippen LogP contribution in [0, 0.1) is 23.5 Å². The van der Waals surface area contributed by atoms with Crippen LogP contribution < -0.4 is 0 Å². The first-order valence-corrected chi connectivity index (χ1v) is 14.0. The van der Waals surface area contributed by atoms with Crippen LogP contribution >= 0.6 is 0 Å². The normalized spacial score (nSPS) is 11.5. The molecule has 4 nitrogen and oxygen atoms in total. The van der Waals surface area contributed by atoms with Crippen molar-refractivity contribution in [3.8, 4) is 39.7 Å². The van der Waals surface area contributed by atoms with Crippen LogP contribution in [-0.4, -0.2) is 9.97 Å². The van der Waals surface area contributed by atoms with Crippen LogP contribution in [-0.2, 0) is 25.5 Å². The van der Waals surface area contributed by atoms with E-state index in [0.29, 0.717) is 22.9 Å². The molecule has 7 rings (SSSR count). The smallest absolute Gasteiger partial charge is 0.130 e. The molecule has 0 atom stereocenters. The first kappa shape index (κ1) is 27.9. The monoisotopic (exact) mass is 750 g/mol. The number of rotatable bonds is 3. The molecule has 0 fully saturated rings. The molecule has 0 saturated heterocycles. The fraction of sp³-hybridized carbons (Fsp3) is 0.103. The van der Waals surface area contributed by atoms with E-state index in [4.69, 9.17) is 7.16 Å². The van der Waals surface area contributed by atoms with E-state index in [9.17, 15) is 5.26 Å². The predicted molar refractivity (Wildman–Crippen MR) is 173 cm³/mol. The van der Waals surface area contributed by atoms with E-state index in [1.54, 1.807) is 18.3 Å². The Morgan fingerprint density at radius 1 is 0.773 bits per heavy atom. The third-order valence-electron chi connectivity index (χ3n) is 7.12. The summed E-state index contributed by atoms with van der Waals surface area (Å²) in [6.07, 6.45) is 2.00. The minimum atomic E-state index is -0.168. The summed E-state index contributed by atoms with van der Waals surface area (Å²) in [4.78, 5) is 8.70. The number of pyridine rings is 2. The van der Waals surface area contributed by atoms with Crippen molar-refractivity contribution in [2.45, 2.75) is 26.2 Å². The summed E-state index contributed by atoms with van der Waals surface area (Å²) >= 11 is 0. The second-order valence-electron chi connectivity index (χ2n) is 11.1. The van der Waals surface area contributed by atoms with Gasteiger partial charge in [-0.15, -0.1) is 54.1 Å². The molecule has 0 saturated carbocycles. The molecule has 0 aliphatic heterocycles. The van der Waals surface area contributed by atoms with Crippen molar-refractivity contribution in [3.63, 3.8) is 0 Å². The zero-order valence-corrected chi connectivity index (χ0v) is 26.9. The first-order chi connectivity index (χ1) is 21.8. The molecule has 0 aliphatic carbocycles. The number of furan rings is 1. The molecule has 3 aromatic heterocycles. The Morgan fingerprint density at radius 2 is 1.55 bits per heavy atom. The Morgan fingerprint density at radius 3 is 2.25 bits per heavy atom. The fourth-order valence-electron chi connectivity index (χ4n) is 4.87. The molecule has 3 heterocycles. The fourth-order valence-corrected chi connectivity index (χ4v) is 4.87. The predicted octanol–water partition coefficient (Wildman–Crippen LogP) is 9.83. The molecular formula is C39H29IrN3O-2. The van der Waals surface area contributed by atoms with E-state index in [1.807, 2.05) is 112 Å². The van der Waals surface area contributed by atoms with Crippen molar-refractivity contribution >= 4 is 21.9 Å². The Bertz CT molecular complexity index is 2170. The Kier molecular flexibility index (Phi) is 8.37. The molecule has 44 heavy (non-hydrogen) atoms. The molecule has 4 aromatic carbocycles. The van der Waals surface area contributed by atoms with Crippen molar-refractivity contribution in [1.29, 1.82) is 5.26 Å². The van der Waals surface area contributed by atoms with Crippen molar-refractivity contribution in [3.05, 3.63) is 145 Å². The summed E-state index contributed by atoms with van der Waals surface area (Å²) in [5.74, 6) is 0. The van der Waals surface area contributed by atoms with E-state index >= 15 is 0 Å². The third-order valence-corrected chi connectivity index (χ3v) is 7.12. The number of aromatic nitrogens is 2. The molecule has 7 aromatic rings. The Labute approximate surface area is 274 Å². The first-order valence-electron chi connectivity index (χ1n) is 15.0. The SMILES string of the molecule is N#Cc1ccc2c(oc3c(-c4ccccn4)[c-]ccc32)c1-c1ccccc1.[2H]c1cc(C(C)(C)C)c([2H])nc1-c1[c-]cccc1.[Ir]. The third kappa shape index (κ3) is 6.24. The number of benzene rings is 4. The van der Waals surface area contributed by atoms with Gasteiger partial charge in [0.15, 0.2) is 0 Å². The van der Waals surface area contributed by atoms with Gasteiger partial charge >= 0.3 is 0 Å². The molecule has 0 amide bonds. The van der Waals surface area contributed by atoms with Gasteiger partial charge in [-0.3, -0.25) is 0 Å². The summed E-state index contributed by atoms with van der Waals surface area (Å²) in [5, 5.41) is 11.6. The summed E-state index contributed by atoms with van der Waals surface area (Å²) in [6.45, 7) is 6.07. The van der Waals surface area contributed by atoms with Crippen molar-refractivity contribution in [1.82, 2.24) is 9.97 Å². The van der Waals surface area contributed by atoms with Gasteiger partial charge < -0.3 is 14.4 Å². The van der Waals surface area contributed by atoms with E-state index in [2.05, 4.69) is 28.2 Å². The zero-order chi connectivity index (χ0) is 31.6. The molecule has 0 spiro atoms. The van der Waals surface area contributed by atoms with Crippen molar-refractivity contribution in [2.75, 3.05) is 0 Å². The number of hydrogen-bond donors (Lipinski definition) is 0. The minimum absolute atomic E-state index is 0. The summed E-state index contributed by atoms with van der Waals surface area (Å²) < 4.78 is 22.4. The van der Waals surface area contributed by atoms with Gasteiger partial charge in [0.1, 0.15) is 5.58 Å². The van der Waals surface area contributed by atoms with Crippen LogP contribution in [0.4, 0.5) is 0 Å². The molecule has 0 N–H and O–H groups in total. The van der Waals surface area contributed by atoms with Gasteiger partial charge in [0.2, 0.25) is 0 Å². The molecule has 0 bridgehead atoms. The number of hydrogen-bond acceptors (Lipinski definition) is 4. The molecule has 0 unspecified atom stereocenters. The second kappa shape index (κ2) is 13.2. The molecule has 217 valence electrons. The number of nitrogens with zero attached hydrogens (tertiary/aromatic N) is 3. The summed E-state index contributed by atoms with van der Waals surface area (Å²) in [7, 11) is 0. The van der Waals surface area contributed by atoms with Crippen LogP contribution in [0.3, 0.4) is 0 Å². The maximum atomic E-state index is 9.64. The van der Waals surface area contributed by atoms with Gasteiger partial charge in [-0.25, -0.2) is 0 Å². The van der Waals surface area contributed by atoms with Crippen molar-refractivity contribution in [2.24, 2.45) is 0 Å². The van der Waals surface area contributed by atoms with Gasteiger partial charge in [0, 0.05) is 43.4 Å². The average molecular weight is 750 g/mol. The summed E-state index contributed by atoms with van der Waals surface area (Å²) in [6, 6.07) is 41.4. The van der Waals surface area contributed by atoms with E-state index < -0.39 is 0 Å².